The van der Waals surface area contributed by atoms with Gasteiger partial charge in [-0.1, -0.05) is 24.3 Å². The molecule has 1 amide bonds. The third-order valence-electron chi connectivity index (χ3n) is 4.61. The van der Waals surface area contributed by atoms with Crippen LogP contribution in [-0.4, -0.2) is 30.7 Å². The van der Waals surface area contributed by atoms with Crippen LogP contribution in [0.1, 0.15) is 36.4 Å². The highest BCUT2D eigenvalue weighted by Crippen LogP contribution is 2.47. The highest BCUT2D eigenvalue weighted by Gasteiger charge is 2.42. The molecule has 1 fully saturated rings. The van der Waals surface area contributed by atoms with Crippen LogP contribution >= 0.6 is 0 Å². The molecule has 1 aliphatic heterocycles. The highest BCUT2D eigenvalue weighted by atomic mass is 16.3. The molecule has 4 nitrogen and oxygen atoms in total. The third kappa shape index (κ3) is 2.72. The summed E-state index contributed by atoms with van der Waals surface area (Å²) in [7, 11) is 0. The lowest BCUT2D eigenvalue weighted by Gasteiger charge is -2.27. The molecule has 0 bridgehead atoms. The van der Waals surface area contributed by atoms with Gasteiger partial charge < -0.3 is 15.7 Å². The predicted octanol–water partition coefficient (Wildman–Crippen LogP) is 1.15. The minimum absolute atomic E-state index is 0.0568. The quantitative estimate of drug-likeness (QED) is 0.755. The molecular weight excluding hydrogens is 252 g/mol. The van der Waals surface area contributed by atoms with Crippen molar-refractivity contribution in [2.45, 2.75) is 31.7 Å². The molecule has 2 aliphatic rings. The summed E-state index contributed by atoms with van der Waals surface area (Å²) in [5.41, 5.74) is 2.53. The maximum atomic E-state index is 12.4. The molecule has 1 aliphatic carbocycles. The number of hydrogen-bond acceptors (Lipinski definition) is 3. The van der Waals surface area contributed by atoms with Crippen molar-refractivity contribution in [3.63, 3.8) is 0 Å². The second kappa shape index (κ2) is 5.54. The van der Waals surface area contributed by atoms with Gasteiger partial charge in [-0.3, -0.25) is 4.79 Å². The van der Waals surface area contributed by atoms with Gasteiger partial charge in [-0.2, -0.15) is 0 Å². The van der Waals surface area contributed by atoms with Crippen LogP contribution in [0.15, 0.2) is 24.3 Å². The van der Waals surface area contributed by atoms with Gasteiger partial charge in [0.15, 0.2) is 0 Å². The summed E-state index contributed by atoms with van der Waals surface area (Å²) in [6.07, 6.45) is 4.00. The van der Waals surface area contributed by atoms with E-state index in [0.717, 1.165) is 37.8 Å². The fourth-order valence-electron chi connectivity index (χ4n) is 3.04. The Hall–Kier alpha value is -1.39. The molecule has 1 atom stereocenters. The minimum atomic E-state index is -0.232. The van der Waals surface area contributed by atoms with Crippen LogP contribution in [0.5, 0.6) is 0 Å². The smallest absolute Gasteiger partial charge is 0.241 e. The van der Waals surface area contributed by atoms with Crippen LogP contribution in [-0.2, 0) is 11.2 Å². The Kier molecular flexibility index (Phi) is 3.76. The molecule has 1 unspecified atom stereocenters. The Morgan fingerprint density at radius 3 is 2.95 bits per heavy atom. The summed E-state index contributed by atoms with van der Waals surface area (Å²) < 4.78 is 0. The van der Waals surface area contributed by atoms with Crippen molar-refractivity contribution in [3.8, 4) is 0 Å². The lowest BCUT2D eigenvalue weighted by atomic mass is 9.93. The Bertz CT molecular complexity index is 497. The van der Waals surface area contributed by atoms with Crippen LogP contribution in [0.2, 0.25) is 0 Å². The van der Waals surface area contributed by atoms with Gasteiger partial charge in [0.2, 0.25) is 5.91 Å². The van der Waals surface area contributed by atoms with Crippen molar-refractivity contribution in [1.82, 2.24) is 10.6 Å². The molecule has 0 aromatic heterocycles. The van der Waals surface area contributed by atoms with Crippen LogP contribution in [0.25, 0.3) is 0 Å². The van der Waals surface area contributed by atoms with E-state index in [1.165, 1.54) is 5.56 Å². The lowest BCUT2D eigenvalue weighted by Crippen LogP contribution is -2.43. The van der Waals surface area contributed by atoms with Crippen molar-refractivity contribution in [3.05, 3.63) is 35.4 Å². The fourth-order valence-corrected chi connectivity index (χ4v) is 3.04. The van der Waals surface area contributed by atoms with Crippen LogP contribution in [0.3, 0.4) is 0 Å². The zero-order valence-corrected chi connectivity index (χ0v) is 11.7. The number of carbonyl (C=O) groups is 1. The van der Waals surface area contributed by atoms with Gasteiger partial charge in [0.25, 0.3) is 0 Å². The summed E-state index contributed by atoms with van der Waals surface area (Å²) in [6, 6.07) is 7.92. The number of hydrogen-bond donors (Lipinski definition) is 3. The first kappa shape index (κ1) is 13.6. The summed E-state index contributed by atoms with van der Waals surface area (Å²) in [5, 5.41) is 15.4. The Labute approximate surface area is 119 Å². The van der Waals surface area contributed by atoms with Gasteiger partial charge in [-0.25, -0.2) is 0 Å². The average molecular weight is 274 g/mol. The number of carbonyl (C=O) groups excluding carboxylic acids is 1. The van der Waals surface area contributed by atoms with E-state index in [2.05, 4.69) is 16.7 Å². The van der Waals surface area contributed by atoms with Gasteiger partial charge >= 0.3 is 0 Å². The van der Waals surface area contributed by atoms with Crippen molar-refractivity contribution in [1.29, 1.82) is 0 Å². The molecular formula is C16H22N2O2. The van der Waals surface area contributed by atoms with E-state index in [4.69, 9.17) is 5.11 Å². The molecule has 1 saturated carbocycles. The van der Waals surface area contributed by atoms with Gasteiger partial charge in [0.05, 0.1) is 0 Å². The Balaban J connectivity index is 1.64. The standard InChI is InChI=1S/C16H22N2O2/c19-10-8-16(6-7-16)11-18-15(20)14-13-4-2-1-3-12(13)5-9-17-14/h1-4,14,17,19H,5-11H2,(H,18,20). The SMILES string of the molecule is O=C(NCC1(CCO)CC1)C1NCCc2ccccc21. The summed E-state index contributed by atoms with van der Waals surface area (Å²) in [4.78, 5) is 12.4. The van der Waals surface area contributed by atoms with Crippen molar-refractivity contribution >= 4 is 5.91 Å². The predicted molar refractivity (Wildman–Crippen MR) is 77.3 cm³/mol. The lowest BCUT2D eigenvalue weighted by molar-refractivity contribution is -0.123. The minimum Gasteiger partial charge on any atom is -0.396 e. The molecule has 0 spiro atoms. The number of nitrogens with one attached hydrogen (secondary N) is 2. The van der Waals surface area contributed by atoms with Crippen LogP contribution in [0.4, 0.5) is 0 Å². The molecule has 1 aromatic rings. The van der Waals surface area contributed by atoms with E-state index in [9.17, 15) is 4.79 Å². The normalized spacial score (nSPS) is 22.9. The maximum absolute atomic E-state index is 12.4. The van der Waals surface area contributed by atoms with Crippen LogP contribution in [0, 0.1) is 5.41 Å². The second-order valence-corrected chi connectivity index (χ2v) is 6.03. The Morgan fingerprint density at radius 1 is 1.40 bits per heavy atom. The first-order chi connectivity index (χ1) is 9.74. The van der Waals surface area contributed by atoms with E-state index >= 15 is 0 Å². The number of amides is 1. The molecule has 4 heteroatoms. The number of aliphatic hydroxyl groups is 1. The zero-order chi connectivity index (χ0) is 14.0. The summed E-state index contributed by atoms with van der Waals surface area (Å²) >= 11 is 0. The second-order valence-electron chi connectivity index (χ2n) is 6.03. The fraction of sp³-hybridized carbons (Fsp3) is 0.562. The molecule has 1 heterocycles. The largest absolute Gasteiger partial charge is 0.396 e. The third-order valence-corrected chi connectivity index (χ3v) is 4.61. The van der Waals surface area contributed by atoms with Crippen molar-refractivity contribution < 1.29 is 9.90 Å². The van der Waals surface area contributed by atoms with E-state index < -0.39 is 0 Å². The van der Waals surface area contributed by atoms with Crippen molar-refractivity contribution in [2.75, 3.05) is 19.7 Å². The van der Waals surface area contributed by atoms with Crippen molar-refractivity contribution in [2.24, 2.45) is 5.41 Å². The van der Waals surface area contributed by atoms with Gasteiger partial charge in [-0.05, 0) is 42.2 Å². The van der Waals surface area contributed by atoms with Gasteiger partial charge in [-0.15, -0.1) is 0 Å². The monoisotopic (exact) mass is 274 g/mol. The average Bonchev–Trinajstić information content (AvgIpc) is 3.25. The molecule has 3 rings (SSSR count). The number of benzene rings is 1. The van der Waals surface area contributed by atoms with E-state index in [-0.39, 0.29) is 24.0 Å². The van der Waals surface area contributed by atoms with Gasteiger partial charge in [0, 0.05) is 19.7 Å². The number of fused-ring (bicyclic) bond motifs is 1. The first-order valence-corrected chi connectivity index (χ1v) is 7.44. The topological polar surface area (TPSA) is 61.4 Å². The van der Waals surface area contributed by atoms with E-state index in [1.54, 1.807) is 0 Å². The molecule has 3 N–H and O–H groups in total. The van der Waals surface area contributed by atoms with E-state index in [0.29, 0.717) is 6.54 Å². The Morgan fingerprint density at radius 2 is 2.20 bits per heavy atom. The highest BCUT2D eigenvalue weighted by molar-refractivity contribution is 5.84. The molecule has 0 radical (unpaired) electrons. The molecule has 1 aromatic carbocycles. The molecule has 0 saturated heterocycles. The maximum Gasteiger partial charge on any atom is 0.241 e. The zero-order valence-electron chi connectivity index (χ0n) is 11.7. The summed E-state index contributed by atoms with van der Waals surface area (Å²) in [6.45, 7) is 1.74. The number of rotatable bonds is 5. The van der Waals surface area contributed by atoms with Gasteiger partial charge in [0.1, 0.15) is 6.04 Å². The number of aliphatic hydroxyl groups excluding tert-OH is 1. The van der Waals surface area contributed by atoms with E-state index in [1.807, 2.05) is 18.2 Å². The summed E-state index contributed by atoms with van der Waals surface area (Å²) in [5.74, 6) is 0.0568. The first-order valence-electron chi connectivity index (χ1n) is 7.44. The molecule has 20 heavy (non-hydrogen) atoms. The van der Waals surface area contributed by atoms with Crippen LogP contribution < -0.4 is 10.6 Å². The molecule has 108 valence electrons.